The number of amides is 1. The Morgan fingerprint density at radius 2 is 2.04 bits per heavy atom. The first-order valence-electron chi connectivity index (χ1n) is 9.05. The van der Waals surface area contributed by atoms with E-state index in [2.05, 4.69) is 20.5 Å². The fraction of sp³-hybridized carbons (Fsp3) is 0.579. The Morgan fingerprint density at radius 3 is 2.68 bits per heavy atom. The molecule has 1 aliphatic heterocycles. The van der Waals surface area contributed by atoms with Crippen LogP contribution in [0.4, 0.5) is 4.39 Å². The molecule has 0 radical (unpaired) electrons. The summed E-state index contributed by atoms with van der Waals surface area (Å²) < 4.78 is 13.9. The van der Waals surface area contributed by atoms with Crippen molar-refractivity contribution < 1.29 is 9.18 Å². The molecule has 25 heavy (non-hydrogen) atoms. The van der Waals surface area contributed by atoms with E-state index in [-0.39, 0.29) is 23.7 Å². The highest BCUT2D eigenvalue weighted by atomic mass is 19.1. The molecule has 2 N–H and O–H groups in total. The summed E-state index contributed by atoms with van der Waals surface area (Å²) in [5, 5.41) is 6.18. The number of likely N-dealkylation sites (tertiary alicyclic amines) is 1. The highest BCUT2D eigenvalue weighted by Crippen LogP contribution is 2.42. The number of carbonyl (C=O) groups excluding carboxylic acids is 1. The molecule has 5 nitrogen and oxygen atoms in total. The molecule has 1 saturated carbocycles. The largest absolute Gasteiger partial charge is 0.359 e. The molecule has 6 heteroatoms. The molecule has 2 aliphatic rings. The van der Waals surface area contributed by atoms with Gasteiger partial charge in [-0.1, -0.05) is 18.2 Å². The number of rotatable bonds is 4. The lowest BCUT2D eigenvalue weighted by Gasteiger charge is -2.34. The molecule has 0 spiro atoms. The Labute approximate surface area is 148 Å². The fourth-order valence-electron chi connectivity index (χ4n) is 3.65. The van der Waals surface area contributed by atoms with Gasteiger partial charge in [0.15, 0.2) is 5.96 Å². The zero-order valence-corrected chi connectivity index (χ0v) is 15.0. The van der Waals surface area contributed by atoms with Crippen LogP contribution in [0, 0.1) is 11.7 Å². The third-order valence-electron chi connectivity index (χ3n) is 5.29. The van der Waals surface area contributed by atoms with Gasteiger partial charge in [0.05, 0.1) is 0 Å². The highest BCUT2D eigenvalue weighted by molar-refractivity contribution is 5.81. The minimum atomic E-state index is -0.123. The van der Waals surface area contributed by atoms with Crippen LogP contribution in [-0.2, 0) is 4.79 Å². The lowest BCUT2D eigenvalue weighted by molar-refractivity contribution is -0.121. The standard InChI is InChI=1S/C19H27FN4O/c1-21-18(25)11-13-7-9-24(10-8-13)19(22-2)23-17-12-15(17)14-5-3-4-6-16(14)20/h3-6,13,15,17H,7-12H2,1-2H3,(H,21,25)(H,22,23). The van der Waals surface area contributed by atoms with Crippen LogP contribution >= 0.6 is 0 Å². The summed E-state index contributed by atoms with van der Waals surface area (Å²) in [7, 11) is 3.48. The van der Waals surface area contributed by atoms with Crippen molar-refractivity contribution in [2.75, 3.05) is 27.2 Å². The molecule has 136 valence electrons. The van der Waals surface area contributed by atoms with Crippen molar-refractivity contribution >= 4 is 11.9 Å². The number of carbonyl (C=O) groups is 1. The number of hydrogen-bond acceptors (Lipinski definition) is 2. The minimum Gasteiger partial charge on any atom is -0.359 e. The van der Waals surface area contributed by atoms with Crippen LogP contribution < -0.4 is 10.6 Å². The van der Waals surface area contributed by atoms with Gasteiger partial charge in [-0.15, -0.1) is 0 Å². The molecule has 2 unspecified atom stereocenters. The summed E-state index contributed by atoms with van der Waals surface area (Å²) in [6.07, 6.45) is 3.53. The van der Waals surface area contributed by atoms with Crippen LogP contribution in [0.3, 0.4) is 0 Å². The van der Waals surface area contributed by atoms with E-state index in [1.807, 2.05) is 12.1 Å². The zero-order valence-electron chi connectivity index (χ0n) is 15.0. The average molecular weight is 346 g/mol. The Kier molecular flexibility index (Phi) is 5.56. The van der Waals surface area contributed by atoms with E-state index in [4.69, 9.17) is 0 Å². The van der Waals surface area contributed by atoms with Gasteiger partial charge in [-0.25, -0.2) is 4.39 Å². The van der Waals surface area contributed by atoms with Crippen molar-refractivity contribution in [1.82, 2.24) is 15.5 Å². The third-order valence-corrected chi connectivity index (χ3v) is 5.29. The van der Waals surface area contributed by atoms with Gasteiger partial charge in [0, 0.05) is 45.6 Å². The molecule has 1 heterocycles. The Morgan fingerprint density at radius 1 is 1.32 bits per heavy atom. The first-order chi connectivity index (χ1) is 12.1. The Hall–Kier alpha value is -2.11. The number of halogens is 1. The lowest BCUT2D eigenvalue weighted by Crippen LogP contribution is -2.47. The van der Waals surface area contributed by atoms with E-state index in [0.717, 1.165) is 43.9 Å². The first kappa shape index (κ1) is 17.7. The first-order valence-corrected chi connectivity index (χ1v) is 9.05. The van der Waals surface area contributed by atoms with E-state index in [0.29, 0.717) is 12.3 Å². The van der Waals surface area contributed by atoms with E-state index in [1.165, 1.54) is 6.07 Å². The molecular formula is C19H27FN4O. The van der Waals surface area contributed by atoms with Crippen molar-refractivity contribution in [3.05, 3.63) is 35.6 Å². The predicted molar refractivity (Wildman–Crippen MR) is 97.0 cm³/mol. The molecule has 2 atom stereocenters. The topological polar surface area (TPSA) is 56.7 Å². The Balaban J connectivity index is 1.50. The number of benzene rings is 1. The monoisotopic (exact) mass is 346 g/mol. The molecular weight excluding hydrogens is 319 g/mol. The summed E-state index contributed by atoms with van der Waals surface area (Å²) in [5.74, 6) is 1.56. The van der Waals surface area contributed by atoms with Crippen molar-refractivity contribution in [3.8, 4) is 0 Å². The highest BCUT2D eigenvalue weighted by Gasteiger charge is 2.41. The third kappa shape index (κ3) is 4.30. The number of guanidine groups is 1. The number of piperidine rings is 1. The molecule has 1 saturated heterocycles. The SMILES string of the molecule is CN=C(NC1CC1c1ccccc1F)N1CCC(CC(=O)NC)CC1. The molecule has 3 rings (SSSR count). The molecule has 1 aromatic carbocycles. The predicted octanol–water partition coefficient (Wildman–Crippen LogP) is 2.11. The maximum Gasteiger partial charge on any atom is 0.220 e. The minimum absolute atomic E-state index is 0.117. The van der Waals surface area contributed by atoms with Gasteiger partial charge in [-0.05, 0) is 36.8 Å². The normalized spacial score (nSPS) is 24.1. The second-order valence-corrected chi connectivity index (χ2v) is 6.97. The van der Waals surface area contributed by atoms with Crippen LogP contribution in [0.1, 0.15) is 37.2 Å². The molecule has 2 fully saturated rings. The molecule has 1 amide bonds. The number of aliphatic imine (C=N–C) groups is 1. The van der Waals surface area contributed by atoms with Crippen molar-refractivity contribution in [2.45, 2.75) is 37.6 Å². The van der Waals surface area contributed by atoms with Crippen molar-refractivity contribution in [3.63, 3.8) is 0 Å². The average Bonchev–Trinajstić information content (AvgIpc) is 3.39. The molecule has 1 aliphatic carbocycles. The summed E-state index contributed by atoms with van der Waals surface area (Å²) in [5.41, 5.74) is 0.791. The summed E-state index contributed by atoms with van der Waals surface area (Å²) >= 11 is 0. The van der Waals surface area contributed by atoms with E-state index in [9.17, 15) is 9.18 Å². The number of nitrogens with one attached hydrogen (secondary N) is 2. The van der Waals surface area contributed by atoms with Crippen LogP contribution in [0.2, 0.25) is 0 Å². The molecule has 1 aromatic rings. The second-order valence-electron chi connectivity index (χ2n) is 6.97. The summed E-state index contributed by atoms with van der Waals surface area (Å²) in [6.45, 7) is 1.80. The van der Waals surface area contributed by atoms with Gasteiger partial charge < -0.3 is 15.5 Å². The van der Waals surface area contributed by atoms with Gasteiger partial charge >= 0.3 is 0 Å². The van der Waals surface area contributed by atoms with Gasteiger partial charge in [-0.2, -0.15) is 0 Å². The van der Waals surface area contributed by atoms with Gasteiger partial charge in [0.25, 0.3) is 0 Å². The van der Waals surface area contributed by atoms with E-state index in [1.54, 1.807) is 20.2 Å². The fourth-order valence-corrected chi connectivity index (χ4v) is 3.65. The zero-order chi connectivity index (χ0) is 17.8. The van der Waals surface area contributed by atoms with Crippen molar-refractivity contribution in [1.29, 1.82) is 0 Å². The van der Waals surface area contributed by atoms with Gasteiger partial charge in [-0.3, -0.25) is 9.79 Å². The van der Waals surface area contributed by atoms with Gasteiger partial charge in [0.2, 0.25) is 5.91 Å². The van der Waals surface area contributed by atoms with Crippen molar-refractivity contribution in [2.24, 2.45) is 10.9 Å². The van der Waals surface area contributed by atoms with Gasteiger partial charge in [0.1, 0.15) is 5.82 Å². The molecule has 0 bridgehead atoms. The Bertz CT molecular complexity index is 640. The summed E-state index contributed by atoms with van der Waals surface area (Å²) in [6, 6.07) is 7.26. The maximum absolute atomic E-state index is 13.9. The number of hydrogen-bond donors (Lipinski definition) is 2. The maximum atomic E-state index is 13.9. The second kappa shape index (κ2) is 7.85. The smallest absolute Gasteiger partial charge is 0.220 e. The van der Waals surface area contributed by atoms with Crippen LogP contribution in [0.25, 0.3) is 0 Å². The van der Waals surface area contributed by atoms with Crippen LogP contribution in [-0.4, -0.2) is 50.0 Å². The van der Waals surface area contributed by atoms with E-state index >= 15 is 0 Å². The quantitative estimate of drug-likeness (QED) is 0.648. The van der Waals surface area contributed by atoms with E-state index < -0.39 is 0 Å². The number of nitrogens with zero attached hydrogens (tertiary/aromatic N) is 2. The van der Waals surface area contributed by atoms with Crippen LogP contribution in [0.15, 0.2) is 29.3 Å². The summed E-state index contributed by atoms with van der Waals surface area (Å²) in [4.78, 5) is 18.2. The molecule has 0 aromatic heterocycles. The lowest BCUT2D eigenvalue weighted by atomic mass is 9.93. The van der Waals surface area contributed by atoms with Crippen LogP contribution in [0.5, 0.6) is 0 Å².